The van der Waals surface area contributed by atoms with Crippen molar-refractivity contribution < 1.29 is 8.78 Å². The molecule has 5 rings (SSSR count). The Bertz CT molecular complexity index is 899. The predicted molar refractivity (Wildman–Crippen MR) is 101 cm³/mol. The first-order valence-electron chi connectivity index (χ1n) is 9.31. The number of halogens is 2. The number of thioether (sulfide) groups is 1. The lowest BCUT2D eigenvalue weighted by molar-refractivity contribution is 0.624. The summed E-state index contributed by atoms with van der Waals surface area (Å²) in [5.41, 5.74) is 1.93. The summed E-state index contributed by atoms with van der Waals surface area (Å²) in [4.78, 5) is 0. The van der Waals surface area contributed by atoms with E-state index in [1.54, 1.807) is 36.0 Å². The molecule has 6 heteroatoms. The number of nitrogens with zero attached hydrogens (tertiary/aromatic N) is 3. The maximum absolute atomic E-state index is 13.4. The van der Waals surface area contributed by atoms with Crippen LogP contribution in [0.15, 0.2) is 53.7 Å². The minimum atomic E-state index is -0.265. The second kappa shape index (κ2) is 6.75. The number of aromatic nitrogens is 3. The van der Waals surface area contributed by atoms with E-state index < -0.39 is 0 Å². The second-order valence-electron chi connectivity index (χ2n) is 7.32. The molecule has 0 radical (unpaired) electrons. The average molecular weight is 383 g/mol. The summed E-state index contributed by atoms with van der Waals surface area (Å²) in [6, 6.07) is 13.5. The second-order valence-corrected chi connectivity index (χ2v) is 8.39. The van der Waals surface area contributed by atoms with E-state index in [1.807, 2.05) is 0 Å². The van der Waals surface area contributed by atoms with E-state index in [4.69, 9.17) is 0 Å². The first-order valence-corrected chi connectivity index (χ1v) is 10.2. The van der Waals surface area contributed by atoms with Gasteiger partial charge in [-0.05, 0) is 61.1 Å². The standard InChI is InChI=1S/C21H19F2N3S/c22-16-7-3-13(4-8-16)19(14-5-9-17(23)10-6-14)27-21-25-24-20(15-1-2-15)26(21)18-11-12-18/h3-10,15,18-19H,1-2,11-12H2. The van der Waals surface area contributed by atoms with Gasteiger partial charge in [0.15, 0.2) is 5.16 Å². The lowest BCUT2D eigenvalue weighted by Gasteiger charge is -2.18. The predicted octanol–water partition coefficient (Wildman–Crippen LogP) is 5.65. The van der Waals surface area contributed by atoms with Gasteiger partial charge in [0.05, 0.1) is 5.25 Å². The van der Waals surface area contributed by atoms with E-state index >= 15 is 0 Å². The van der Waals surface area contributed by atoms with Crippen LogP contribution in [-0.4, -0.2) is 14.8 Å². The van der Waals surface area contributed by atoms with Crippen LogP contribution in [0.25, 0.3) is 0 Å². The summed E-state index contributed by atoms with van der Waals surface area (Å²) in [6.07, 6.45) is 4.72. The third-order valence-electron chi connectivity index (χ3n) is 5.11. The quantitative estimate of drug-likeness (QED) is 0.515. The Kier molecular flexibility index (Phi) is 4.23. The molecular weight excluding hydrogens is 364 g/mol. The molecule has 0 aliphatic heterocycles. The van der Waals surface area contributed by atoms with Gasteiger partial charge in [0, 0.05) is 12.0 Å². The maximum atomic E-state index is 13.4. The van der Waals surface area contributed by atoms with Crippen molar-refractivity contribution in [2.75, 3.05) is 0 Å². The van der Waals surface area contributed by atoms with Gasteiger partial charge in [-0.1, -0.05) is 36.0 Å². The highest BCUT2D eigenvalue weighted by molar-refractivity contribution is 7.99. The fourth-order valence-electron chi connectivity index (χ4n) is 3.37. The van der Waals surface area contributed by atoms with Crippen molar-refractivity contribution in [1.82, 2.24) is 14.8 Å². The summed E-state index contributed by atoms with van der Waals surface area (Å²) in [7, 11) is 0. The molecule has 1 heterocycles. The van der Waals surface area contributed by atoms with Gasteiger partial charge in [-0.3, -0.25) is 0 Å². The van der Waals surface area contributed by atoms with Crippen LogP contribution >= 0.6 is 11.8 Å². The van der Waals surface area contributed by atoms with E-state index in [2.05, 4.69) is 14.8 Å². The molecule has 0 N–H and O–H groups in total. The highest BCUT2D eigenvalue weighted by atomic mass is 32.2. The smallest absolute Gasteiger partial charge is 0.192 e. The minimum absolute atomic E-state index is 0.0973. The van der Waals surface area contributed by atoms with Crippen LogP contribution in [0.3, 0.4) is 0 Å². The van der Waals surface area contributed by atoms with Crippen molar-refractivity contribution in [3.8, 4) is 0 Å². The summed E-state index contributed by atoms with van der Waals surface area (Å²) in [5, 5.41) is 9.78. The molecule has 0 bridgehead atoms. The Morgan fingerprint density at radius 2 is 1.37 bits per heavy atom. The maximum Gasteiger partial charge on any atom is 0.192 e. The van der Waals surface area contributed by atoms with Gasteiger partial charge in [0.25, 0.3) is 0 Å². The molecule has 3 aromatic rings. The normalized spacial score (nSPS) is 16.9. The topological polar surface area (TPSA) is 30.7 Å². The van der Waals surface area contributed by atoms with Gasteiger partial charge in [-0.2, -0.15) is 0 Å². The molecule has 0 spiro atoms. The molecule has 0 unspecified atom stereocenters. The largest absolute Gasteiger partial charge is 0.303 e. The highest BCUT2D eigenvalue weighted by Gasteiger charge is 2.37. The number of rotatable bonds is 6. The van der Waals surface area contributed by atoms with Crippen LogP contribution in [-0.2, 0) is 0 Å². The van der Waals surface area contributed by atoms with Crippen molar-refractivity contribution in [1.29, 1.82) is 0 Å². The van der Waals surface area contributed by atoms with Gasteiger partial charge in [0.1, 0.15) is 17.5 Å². The third kappa shape index (κ3) is 3.50. The Morgan fingerprint density at radius 3 is 1.85 bits per heavy atom. The highest BCUT2D eigenvalue weighted by Crippen LogP contribution is 2.48. The molecule has 2 aliphatic rings. The summed E-state index contributed by atoms with van der Waals surface area (Å²) in [6.45, 7) is 0. The summed E-state index contributed by atoms with van der Waals surface area (Å²) >= 11 is 1.61. The molecule has 1 aromatic heterocycles. The molecule has 2 aliphatic carbocycles. The Balaban J connectivity index is 1.53. The Hall–Kier alpha value is -2.21. The molecule has 2 aromatic carbocycles. The molecule has 138 valence electrons. The molecule has 2 saturated carbocycles. The van der Waals surface area contributed by atoms with Crippen molar-refractivity contribution >= 4 is 11.8 Å². The van der Waals surface area contributed by atoms with Gasteiger partial charge in [-0.15, -0.1) is 10.2 Å². The van der Waals surface area contributed by atoms with Crippen LogP contribution in [0.5, 0.6) is 0 Å². The van der Waals surface area contributed by atoms with Crippen LogP contribution in [0.2, 0.25) is 0 Å². The first kappa shape index (κ1) is 16.9. The van der Waals surface area contributed by atoms with E-state index in [1.165, 1.54) is 49.9 Å². The zero-order valence-corrected chi connectivity index (χ0v) is 15.5. The van der Waals surface area contributed by atoms with E-state index in [9.17, 15) is 8.78 Å². The van der Waals surface area contributed by atoms with Crippen LogP contribution < -0.4 is 0 Å². The minimum Gasteiger partial charge on any atom is -0.303 e. The number of hydrogen-bond acceptors (Lipinski definition) is 3. The summed E-state index contributed by atoms with van der Waals surface area (Å²) in [5.74, 6) is 1.12. The first-order chi connectivity index (χ1) is 13.2. The van der Waals surface area contributed by atoms with E-state index in [0.717, 1.165) is 22.1 Å². The van der Waals surface area contributed by atoms with Crippen molar-refractivity contribution in [3.05, 3.63) is 77.1 Å². The van der Waals surface area contributed by atoms with E-state index in [0.29, 0.717) is 12.0 Å². The van der Waals surface area contributed by atoms with E-state index in [-0.39, 0.29) is 16.9 Å². The van der Waals surface area contributed by atoms with Gasteiger partial charge >= 0.3 is 0 Å². The molecular formula is C21H19F2N3S. The molecule has 2 fully saturated rings. The monoisotopic (exact) mass is 383 g/mol. The third-order valence-corrected chi connectivity index (χ3v) is 6.38. The molecule has 3 nitrogen and oxygen atoms in total. The van der Waals surface area contributed by atoms with Gasteiger partial charge in [-0.25, -0.2) is 8.78 Å². The van der Waals surface area contributed by atoms with Gasteiger partial charge < -0.3 is 4.57 Å². The number of benzene rings is 2. The number of hydrogen-bond donors (Lipinski definition) is 0. The molecule has 0 amide bonds. The molecule has 0 atom stereocenters. The lowest BCUT2D eigenvalue weighted by atomic mass is 10.0. The fourth-order valence-corrected chi connectivity index (χ4v) is 4.62. The van der Waals surface area contributed by atoms with Crippen molar-refractivity contribution in [2.45, 2.75) is 48.0 Å². The SMILES string of the molecule is Fc1ccc(C(Sc2nnc(C3CC3)n2C2CC2)c2ccc(F)cc2)cc1. The van der Waals surface area contributed by atoms with Crippen molar-refractivity contribution in [2.24, 2.45) is 0 Å². The van der Waals surface area contributed by atoms with Gasteiger partial charge in [0.2, 0.25) is 0 Å². The van der Waals surface area contributed by atoms with Crippen LogP contribution in [0.1, 0.15) is 59.8 Å². The zero-order valence-electron chi connectivity index (χ0n) is 14.7. The lowest BCUT2D eigenvalue weighted by Crippen LogP contribution is -2.04. The summed E-state index contributed by atoms with van der Waals surface area (Å²) < 4.78 is 29.2. The average Bonchev–Trinajstić information content (AvgIpc) is 3.60. The Morgan fingerprint density at radius 1 is 0.815 bits per heavy atom. The zero-order chi connectivity index (χ0) is 18.4. The molecule has 27 heavy (non-hydrogen) atoms. The fraction of sp³-hybridized carbons (Fsp3) is 0.333. The van der Waals surface area contributed by atoms with Crippen LogP contribution in [0, 0.1) is 11.6 Å². The Labute approximate surface area is 160 Å². The van der Waals surface area contributed by atoms with Crippen LogP contribution in [0.4, 0.5) is 8.78 Å². The molecule has 0 saturated heterocycles. The van der Waals surface area contributed by atoms with Crippen molar-refractivity contribution in [3.63, 3.8) is 0 Å².